The Labute approximate surface area is 93.6 Å². The molecule has 15 heavy (non-hydrogen) atoms. The van der Waals surface area contributed by atoms with Gasteiger partial charge in [-0.25, -0.2) is 0 Å². The largest absolute Gasteiger partial charge is 0.383 e. The molecule has 0 aromatic heterocycles. The van der Waals surface area contributed by atoms with Crippen molar-refractivity contribution < 1.29 is 9.53 Å². The first-order chi connectivity index (χ1) is 7.15. The van der Waals surface area contributed by atoms with E-state index in [-0.39, 0.29) is 17.9 Å². The third-order valence-electron chi connectivity index (χ3n) is 2.58. The molecule has 0 spiro atoms. The van der Waals surface area contributed by atoms with Crippen molar-refractivity contribution in [2.45, 2.75) is 52.5 Å². The van der Waals surface area contributed by atoms with Crippen LogP contribution in [-0.4, -0.2) is 25.7 Å². The molecule has 0 saturated carbocycles. The van der Waals surface area contributed by atoms with Gasteiger partial charge in [0.2, 0.25) is 5.91 Å². The van der Waals surface area contributed by atoms with Gasteiger partial charge in [-0.05, 0) is 19.8 Å². The summed E-state index contributed by atoms with van der Waals surface area (Å²) in [5.41, 5.74) is 0. The van der Waals surface area contributed by atoms with Crippen LogP contribution < -0.4 is 5.32 Å². The maximum Gasteiger partial charge on any atom is 0.223 e. The summed E-state index contributed by atoms with van der Waals surface area (Å²) in [6.45, 7) is 6.77. The van der Waals surface area contributed by atoms with Gasteiger partial charge in [0.15, 0.2) is 0 Å². The van der Waals surface area contributed by atoms with E-state index in [1.807, 2.05) is 6.92 Å². The van der Waals surface area contributed by atoms with E-state index in [0.717, 1.165) is 25.7 Å². The van der Waals surface area contributed by atoms with Crippen LogP contribution in [0.3, 0.4) is 0 Å². The van der Waals surface area contributed by atoms with Gasteiger partial charge in [0, 0.05) is 19.1 Å². The molecule has 0 aliphatic carbocycles. The van der Waals surface area contributed by atoms with Crippen molar-refractivity contribution in [3.05, 3.63) is 0 Å². The van der Waals surface area contributed by atoms with E-state index in [0.29, 0.717) is 6.61 Å². The van der Waals surface area contributed by atoms with Gasteiger partial charge in [0.25, 0.3) is 0 Å². The minimum absolute atomic E-state index is 0.109. The molecule has 1 N–H and O–H groups in total. The van der Waals surface area contributed by atoms with Crippen LogP contribution in [0.25, 0.3) is 0 Å². The lowest BCUT2D eigenvalue weighted by molar-refractivity contribution is -0.126. The third-order valence-corrected chi connectivity index (χ3v) is 2.58. The lowest BCUT2D eigenvalue weighted by atomic mass is 9.98. The zero-order valence-electron chi connectivity index (χ0n) is 10.5. The predicted octanol–water partition coefficient (Wildman–Crippen LogP) is 2.35. The van der Waals surface area contributed by atoms with Crippen molar-refractivity contribution in [3.8, 4) is 0 Å². The molecule has 0 saturated heterocycles. The maximum absolute atomic E-state index is 11.8. The van der Waals surface area contributed by atoms with E-state index in [2.05, 4.69) is 19.2 Å². The van der Waals surface area contributed by atoms with Crippen LogP contribution in [0.15, 0.2) is 0 Å². The molecule has 0 aliphatic heterocycles. The van der Waals surface area contributed by atoms with Gasteiger partial charge in [-0.2, -0.15) is 0 Å². The van der Waals surface area contributed by atoms with Crippen molar-refractivity contribution >= 4 is 5.91 Å². The second kappa shape index (κ2) is 8.72. The van der Waals surface area contributed by atoms with Crippen LogP contribution in [0, 0.1) is 5.92 Å². The summed E-state index contributed by atoms with van der Waals surface area (Å²) in [6.07, 6.45) is 4.20. The first kappa shape index (κ1) is 14.4. The summed E-state index contributed by atoms with van der Waals surface area (Å²) in [5, 5.41) is 2.98. The molecule has 0 heterocycles. The Morgan fingerprint density at radius 3 is 2.53 bits per heavy atom. The van der Waals surface area contributed by atoms with Crippen LogP contribution in [0.1, 0.15) is 46.5 Å². The number of carbonyl (C=O) groups excluding carboxylic acids is 1. The molecule has 2 unspecified atom stereocenters. The quantitative estimate of drug-likeness (QED) is 0.675. The van der Waals surface area contributed by atoms with Crippen molar-refractivity contribution in [1.82, 2.24) is 5.32 Å². The zero-order chi connectivity index (χ0) is 11.7. The van der Waals surface area contributed by atoms with Crippen molar-refractivity contribution in [3.63, 3.8) is 0 Å². The molecular formula is C12H25NO2. The van der Waals surface area contributed by atoms with Crippen molar-refractivity contribution in [2.75, 3.05) is 13.7 Å². The highest BCUT2D eigenvalue weighted by molar-refractivity contribution is 5.78. The fraction of sp³-hybridized carbons (Fsp3) is 0.917. The molecule has 0 aliphatic rings. The Morgan fingerprint density at radius 2 is 2.07 bits per heavy atom. The average Bonchev–Trinajstić information content (AvgIpc) is 2.19. The standard InChI is InChI=1S/C12H25NO2/c1-5-7-8-11(6-2)12(14)13-10(3)9-15-4/h10-11H,5-9H2,1-4H3,(H,13,14). The minimum Gasteiger partial charge on any atom is -0.383 e. The topological polar surface area (TPSA) is 38.3 Å². The van der Waals surface area contributed by atoms with Gasteiger partial charge in [-0.1, -0.05) is 26.7 Å². The summed E-state index contributed by atoms with van der Waals surface area (Å²) in [4.78, 5) is 11.8. The third kappa shape index (κ3) is 6.50. The minimum atomic E-state index is 0.109. The van der Waals surface area contributed by atoms with E-state index in [1.54, 1.807) is 7.11 Å². The monoisotopic (exact) mass is 215 g/mol. The predicted molar refractivity (Wildman–Crippen MR) is 62.8 cm³/mol. The molecular weight excluding hydrogens is 190 g/mol. The maximum atomic E-state index is 11.8. The number of rotatable bonds is 8. The number of ether oxygens (including phenoxy) is 1. The van der Waals surface area contributed by atoms with E-state index < -0.39 is 0 Å². The van der Waals surface area contributed by atoms with Crippen molar-refractivity contribution in [1.29, 1.82) is 0 Å². The fourth-order valence-electron chi connectivity index (χ4n) is 1.62. The number of unbranched alkanes of at least 4 members (excludes halogenated alkanes) is 1. The molecule has 90 valence electrons. The Hall–Kier alpha value is -0.570. The van der Waals surface area contributed by atoms with Gasteiger partial charge in [0.1, 0.15) is 0 Å². The highest BCUT2D eigenvalue weighted by Gasteiger charge is 2.17. The molecule has 0 fully saturated rings. The second-order valence-corrected chi connectivity index (χ2v) is 4.11. The van der Waals surface area contributed by atoms with E-state index in [9.17, 15) is 4.79 Å². The summed E-state index contributed by atoms with van der Waals surface area (Å²) < 4.78 is 4.98. The lowest BCUT2D eigenvalue weighted by Gasteiger charge is -2.18. The Kier molecular flexibility index (Phi) is 8.38. The number of carbonyl (C=O) groups is 1. The second-order valence-electron chi connectivity index (χ2n) is 4.11. The number of nitrogens with one attached hydrogen (secondary N) is 1. The van der Waals surface area contributed by atoms with Crippen LogP contribution in [0.4, 0.5) is 0 Å². The molecule has 2 atom stereocenters. The van der Waals surface area contributed by atoms with E-state index in [1.165, 1.54) is 0 Å². The molecule has 0 aromatic carbocycles. The first-order valence-electron chi connectivity index (χ1n) is 5.94. The first-order valence-corrected chi connectivity index (χ1v) is 5.94. The van der Waals surface area contributed by atoms with Crippen LogP contribution >= 0.6 is 0 Å². The van der Waals surface area contributed by atoms with E-state index in [4.69, 9.17) is 4.74 Å². The number of amides is 1. The zero-order valence-corrected chi connectivity index (χ0v) is 10.5. The molecule has 1 amide bonds. The Balaban J connectivity index is 3.91. The van der Waals surface area contributed by atoms with Crippen molar-refractivity contribution in [2.24, 2.45) is 5.92 Å². The van der Waals surface area contributed by atoms with Gasteiger partial charge in [-0.15, -0.1) is 0 Å². The average molecular weight is 215 g/mol. The number of hydrogen-bond donors (Lipinski definition) is 1. The number of methoxy groups -OCH3 is 1. The summed E-state index contributed by atoms with van der Waals surface area (Å²) in [6, 6.07) is 0.109. The molecule has 0 radical (unpaired) electrons. The molecule has 0 aromatic rings. The van der Waals surface area contributed by atoms with Gasteiger partial charge >= 0.3 is 0 Å². The van der Waals surface area contributed by atoms with Crippen LogP contribution in [-0.2, 0) is 9.53 Å². The van der Waals surface area contributed by atoms with Gasteiger partial charge < -0.3 is 10.1 Å². The van der Waals surface area contributed by atoms with Gasteiger partial charge in [0.05, 0.1) is 6.61 Å². The highest BCUT2D eigenvalue weighted by atomic mass is 16.5. The van der Waals surface area contributed by atoms with Gasteiger partial charge in [-0.3, -0.25) is 4.79 Å². The van der Waals surface area contributed by atoms with Crippen LogP contribution in [0.5, 0.6) is 0 Å². The highest BCUT2D eigenvalue weighted by Crippen LogP contribution is 2.12. The molecule has 0 rings (SSSR count). The fourth-order valence-corrected chi connectivity index (χ4v) is 1.62. The summed E-state index contributed by atoms with van der Waals surface area (Å²) in [5.74, 6) is 0.347. The molecule has 3 nitrogen and oxygen atoms in total. The Bertz CT molecular complexity index is 171. The number of hydrogen-bond acceptors (Lipinski definition) is 2. The SMILES string of the molecule is CCCCC(CC)C(=O)NC(C)COC. The van der Waals surface area contributed by atoms with Crippen LogP contribution in [0.2, 0.25) is 0 Å². The lowest BCUT2D eigenvalue weighted by Crippen LogP contribution is -2.39. The summed E-state index contributed by atoms with van der Waals surface area (Å²) in [7, 11) is 1.65. The normalized spacial score (nSPS) is 14.7. The Morgan fingerprint density at radius 1 is 1.40 bits per heavy atom. The molecule has 0 bridgehead atoms. The smallest absolute Gasteiger partial charge is 0.223 e. The molecule has 3 heteroatoms. The van der Waals surface area contributed by atoms with E-state index >= 15 is 0 Å². The summed E-state index contributed by atoms with van der Waals surface area (Å²) >= 11 is 0.